The molecule has 4 heteroatoms. The molecule has 2 rings (SSSR count). The van der Waals surface area contributed by atoms with Crippen molar-refractivity contribution in [2.24, 2.45) is 5.92 Å². The monoisotopic (exact) mass is 301 g/mol. The molecule has 0 bridgehead atoms. The fraction of sp³-hybridized carbons (Fsp3) is 0.600. The number of hydrogen-bond acceptors (Lipinski definition) is 2. The molecule has 19 heavy (non-hydrogen) atoms. The van der Waals surface area contributed by atoms with Crippen molar-refractivity contribution in [1.82, 2.24) is 5.32 Å². The quantitative estimate of drug-likeness (QED) is 0.889. The third-order valence-electron chi connectivity index (χ3n) is 3.61. The second kappa shape index (κ2) is 7.49. The van der Waals surface area contributed by atoms with Gasteiger partial charge in [-0.15, -0.1) is 0 Å². The van der Waals surface area contributed by atoms with Crippen LogP contribution >= 0.6 is 23.2 Å². The molecule has 0 spiro atoms. The summed E-state index contributed by atoms with van der Waals surface area (Å²) in [6.07, 6.45) is 3.24. The van der Waals surface area contributed by atoms with E-state index in [1.807, 2.05) is 12.1 Å². The van der Waals surface area contributed by atoms with Gasteiger partial charge in [-0.05, 0) is 43.5 Å². The Labute approximate surface area is 125 Å². The highest BCUT2D eigenvalue weighted by molar-refractivity contribution is 6.42. The Bertz CT molecular complexity index is 411. The zero-order chi connectivity index (χ0) is 13.7. The lowest BCUT2D eigenvalue weighted by Gasteiger charge is -2.32. The van der Waals surface area contributed by atoms with E-state index in [9.17, 15) is 0 Å². The Morgan fingerprint density at radius 3 is 2.89 bits per heavy atom. The van der Waals surface area contributed by atoms with Gasteiger partial charge in [0.05, 0.1) is 16.7 Å². The van der Waals surface area contributed by atoms with Gasteiger partial charge in [-0.3, -0.25) is 0 Å². The maximum Gasteiger partial charge on any atom is 0.0595 e. The molecule has 2 unspecified atom stereocenters. The Morgan fingerprint density at radius 1 is 1.32 bits per heavy atom. The van der Waals surface area contributed by atoms with E-state index in [4.69, 9.17) is 27.9 Å². The zero-order valence-electron chi connectivity index (χ0n) is 11.3. The normalized spacial score (nSPS) is 23.5. The van der Waals surface area contributed by atoms with E-state index in [0.29, 0.717) is 22.0 Å². The van der Waals surface area contributed by atoms with Crippen molar-refractivity contribution in [3.8, 4) is 0 Å². The van der Waals surface area contributed by atoms with Crippen molar-refractivity contribution >= 4 is 23.2 Å². The molecule has 1 aromatic carbocycles. The summed E-state index contributed by atoms with van der Waals surface area (Å²) in [6.45, 7) is 4.95. The lowest BCUT2D eigenvalue weighted by molar-refractivity contribution is 0.0323. The molecule has 1 fully saturated rings. The average molecular weight is 302 g/mol. The van der Waals surface area contributed by atoms with Crippen LogP contribution in [-0.4, -0.2) is 25.8 Å². The summed E-state index contributed by atoms with van der Waals surface area (Å²) in [7, 11) is 0. The van der Waals surface area contributed by atoms with Crippen LogP contribution in [0.15, 0.2) is 18.2 Å². The number of benzene rings is 1. The summed E-state index contributed by atoms with van der Waals surface area (Å²) >= 11 is 12.0. The first kappa shape index (κ1) is 15.1. The number of rotatable bonds is 5. The predicted molar refractivity (Wildman–Crippen MR) is 81.2 cm³/mol. The molecule has 1 aromatic rings. The van der Waals surface area contributed by atoms with Crippen molar-refractivity contribution in [3.63, 3.8) is 0 Å². The Hall–Kier alpha value is -0.280. The van der Waals surface area contributed by atoms with E-state index in [1.54, 1.807) is 0 Å². The van der Waals surface area contributed by atoms with E-state index in [-0.39, 0.29) is 0 Å². The van der Waals surface area contributed by atoms with Crippen LogP contribution in [0.2, 0.25) is 10.0 Å². The summed E-state index contributed by atoms with van der Waals surface area (Å²) in [6, 6.07) is 6.44. The van der Waals surface area contributed by atoms with Crippen LogP contribution in [0.4, 0.5) is 0 Å². The topological polar surface area (TPSA) is 21.3 Å². The highest BCUT2D eigenvalue weighted by Gasteiger charge is 2.25. The van der Waals surface area contributed by atoms with Crippen molar-refractivity contribution in [1.29, 1.82) is 0 Å². The van der Waals surface area contributed by atoms with Gasteiger partial charge in [0.1, 0.15) is 0 Å². The fourth-order valence-corrected chi connectivity index (χ4v) is 2.89. The molecule has 1 saturated heterocycles. The lowest BCUT2D eigenvalue weighted by Crippen LogP contribution is -2.43. The molecular weight excluding hydrogens is 281 g/mol. The van der Waals surface area contributed by atoms with E-state index in [1.165, 1.54) is 5.56 Å². The molecule has 1 heterocycles. The van der Waals surface area contributed by atoms with Gasteiger partial charge in [0.15, 0.2) is 0 Å². The zero-order valence-corrected chi connectivity index (χ0v) is 12.8. The minimum Gasteiger partial charge on any atom is -0.381 e. The molecule has 2 nitrogen and oxygen atoms in total. The Kier molecular flexibility index (Phi) is 5.96. The third-order valence-corrected chi connectivity index (χ3v) is 4.35. The van der Waals surface area contributed by atoms with Crippen LogP contribution in [0.3, 0.4) is 0 Å². The molecule has 1 N–H and O–H groups in total. The van der Waals surface area contributed by atoms with Gasteiger partial charge < -0.3 is 10.1 Å². The second-order valence-corrected chi connectivity index (χ2v) is 5.95. The largest absolute Gasteiger partial charge is 0.381 e. The van der Waals surface area contributed by atoms with Crippen LogP contribution in [0.25, 0.3) is 0 Å². The first-order valence-corrected chi connectivity index (χ1v) is 7.71. The van der Waals surface area contributed by atoms with Gasteiger partial charge in [-0.2, -0.15) is 0 Å². The molecule has 1 aliphatic heterocycles. The van der Waals surface area contributed by atoms with Crippen LogP contribution in [0.1, 0.15) is 25.3 Å². The van der Waals surface area contributed by atoms with E-state index in [0.717, 1.165) is 39.0 Å². The second-order valence-electron chi connectivity index (χ2n) is 5.14. The minimum atomic E-state index is 0.512. The number of nitrogens with one attached hydrogen (secondary N) is 1. The van der Waals surface area contributed by atoms with Gasteiger partial charge in [0.2, 0.25) is 0 Å². The number of ether oxygens (including phenoxy) is 1. The smallest absolute Gasteiger partial charge is 0.0595 e. The molecule has 0 aromatic heterocycles. The maximum absolute atomic E-state index is 6.07. The summed E-state index contributed by atoms with van der Waals surface area (Å²) in [4.78, 5) is 0. The minimum absolute atomic E-state index is 0.512. The van der Waals surface area contributed by atoms with Gasteiger partial charge in [0, 0.05) is 18.6 Å². The van der Waals surface area contributed by atoms with Crippen molar-refractivity contribution < 1.29 is 4.74 Å². The molecule has 0 amide bonds. The van der Waals surface area contributed by atoms with Gasteiger partial charge in [0.25, 0.3) is 0 Å². The van der Waals surface area contributed by atoms with Crippen molar-refractivity contribution in [2.45, 2.75) is 32.2 Å². The average Bonchev–Trinajstić information content (AvgIpc) is 2.42. The van der Waals surface area contributed by atoms with Crippen molar-refractivity contribution in [2.75, 3.05) is 19.8 Å². The molecule has 0 saturated carbocycles. The van der Waals surface area contributed by atoms with Crippen LogP contribution < -0.4 is 5.32 Å². The molecule has 0 aliphatic carbocycles. The fourth-order valence-electron chi connectivity index (χ4n) is 2.57. The first-order valence-electron chi connectivity index (χ1n) is 6.95. The highest BCUT2D eigenvalue weighted by atomic mass is 35.5. The predicted octanol–water partition coefficient (Wildman–Crippen LogP) is 3.94. The van der Waals surface area contributed by atoms with E-state index >= 15 is 0 Å². The Morgan fingerprint density at radius 2 is 2.16 bits per heavy atom. The summed E-state index contributed by atoms with van der Waals surface area (Å²) < 4.78 is 5.62. The molecular formula is C15H21Cl2NO. The van der Waals surface area contributed by atoms with Gasteiger partial charge >= 0.3 is 0 Å². The third kappa shape index (κ3) is 4.35. The van der Waals surface area contributed by atoms with E-state index in [2.05, 4.69) is 18.3 Å². The van der Waals surface area contributed by atoms with Crippen molar-refractivity contribution in [3.05, 3.63) is 33.8 Å². The number of halogens is 2. The van der Waals surface area contributed by atoms with Crippen LogP contribution in [-0.2, 0) is 11.2 Å². The maximum atomic E-state index is 6.07. The molecule has 0 radical (unpaired) electrons. The van der Waals surface area contributed by atoms with Crippen LogP contribution in [0.5, 0.6) is 0 Å². The standard InChI is InChI=1S/C15H21Cl2NO/c1-2-6-18-15-5-7-19-10-12(15)8-11-3-4-13(16)14(17)9-11/h3-4,9,12,15,18H,2,5-8,10H2,1H3. The molecule has 1 aliphatic rings. The lowest BCUT2D eigenvalue weighted by atomic mass is 9.89. The first-order chi connectivity index (χ1) is 9.20. The summed E-state index contributed by atoms with van der Waals surface area (Å²) in [5, 5.41) is 4.88. The van der Waals surface area contributed by atoms with E-state index < -0.39 is 0 Å². The molecule has 106 valence electrons. The molecule has 2 atom stereocenters. The summed E-state index contributed by atoms with van der Waals surface area (Å²) in [5.74, 6) is 0.512. The Balaban J connectivity index is 1.99. The SMILES string of the molecule is CCCNC1CCOCC1Cc1ccc(Cl)c(Cl)c1. The highest BCUT2D eigenvalue weighted by Crippen LogP contribution is 2.26. The van der Waals surface area contributed by atoms with Crippen LogP contribution in [0, 0.1) is 5.92 Å². The van der Waals surface area contributed by atoms with Gasteiger partial charge in [-0.25, -0.2) is 0 Å². The van der Waals surface area contributed by atoms with Gasteiger partial charge in [-0.1, -0.05) is 36.2 Å². The summed E-state index contributed by atoms with van der Waals surface area (Å²) in [5.41, 5.74) is 1.23. The number of hydrogen-bond donors (Lipinski definition) is 1.